The van der Waals surface area contributed by atoms with Gasteiger partial charge in [-0.1, -0.05) is 64.4 Å². The maximum Gasteiger partial charge on any atom is 0.329 e. The van der Waals surface area contributed by atoms with Gasteiger partial charge in [-0.05, 0) is 0 Å². The lowest BCUT2D eigenvalue weighted by molar-refractivity contribution is -0.134. The van der Waals surface area contributed by atoms with E-state index < -0.39 is 5.97 Å². The summed E-state index contributed by atoms with van der Waals surface area (Å²) >= 11 is 0. The molecule has 88 valence electrons. The summed E-state index contributed by atoms with van der Waals surface area (Å²) in [5.74, 6) is -0.394. The van der Waals surface area contributed by atoms with E-state index in [0.29, 0.717) is 0 Å². The summed E-state index contributed by atoms with van der Waals surface area (Å²) in [6.45, 7) is 3.16. The zero-order chi connectivity index (χ0) is 11.4. The van der Waals surface area contributed by atoms with E-state index in [9.17, 15) is 4.79 Å². The topological polar surface area (TPSA) is 26.3 Å². The minimum Gasteiger partial charge on any atom is -0.466 e. The van der Waals surface area contributed by atoms with Gasteiger partial charge in [0.2, 0.25) is 0 Å². The lowest BCUT2D eigenvalue weighted by atomic mass is 10.1. The van der Waals surface area contributed by atoms with Gasteiger partial charge in [-0.15, -0.1) is 0 Å². The minimum atomic E-state index is -0.394. The Kier molecular flexibility index (Phi) is 10.7. The molecule has 0 atom stereocenters. The molecule has 2 nitrogen and oxygen atoms in total. The maximum absolute atomic E-state index is 9.84. The third-order valence-corrected chi connectivity index (χ3v) is 2.62. The van der Waals surface area contributed by atoms with E-state index in [2.05, 4.69) is 11.3 Å². The Labute approximate surface area is 93.7 Å². The zero-order valence-corrected chi connectivity index (χ0v) is 9.96. The molecule has 1 aliphatic rings. The van der Waals surface area contributed by atoms with Crippen LogP contribution in [0.3, 0.4) is 0 Å². The van der Waals surface area contributed by atoms with Crippen LogP contribution >= 0.6 is 0 Å². The molecule has 0 saturated heterocycles. The summed E-state index contributed by atoms with van der Waals surface area (Å²) in [7, 11) is 1.31. The van der Waals surface area contributed by atoms with Crippen LogP contribution < -0.4 is 0 Å². The molecule has 0 aliphatic heterocycles. The molecule has 1 aliphatic carbocycles. The summed E-state index contributed by atoms with van der Waals surface area (Å²) in [5, 5.41) is 0. The van der Waals surface area contributed by atoms with Gasteiger partial charge in [0.1, 0.15) is 0 Å². The first-order valence-electron chi connectivity index (χ1n) is 6.01. The highest BCUT2D eigenvalue weighted by Gasteiger charge is 1.95. The van der Waals surface area contributed by atoms with Crippen molar-refractivity contribution in [3.63, 3.8) is 0 Å². The van der Waals surface area contributed by atoms with Crippen molar-refractivity contribution in [3.05, 3.63) is 12.7 Å². The average Bonchev–Trinajstić information content (AvgIpc) is 2.44. The van der Waals surface area contributed by atoms with Crippen LogP contribution in [-0.4, -0.2) is 13.1 Å². The van der Waals surface area contributed by atoms with Crippen molar-refractivity contribution in [2.24, 2.45) is 0 Å². The van der Waals surface area contributed by atoms with E-state index in [1.165, 1.54) is 64.9 Å². The Morgan fingerprint density at radius 3 is 1.27 bits per heavy atom. The van der Waals surface area contributed by atoms with E-state index in [4.69, 9.17) is 0 Å². The molecule has 0 aromatic rings. The van der Waals surface area contributed by atoms with E-state index in [1.54, 1.807) is 0 Å². The van der Waals surface area contributed by atoms with Gasteiger partial charge < -0.3 is 4.74 Å². The third-order valence-electron chi connectivity index (χ3n) is 2.62. The molecule has 15 heavy (non-hydrogen) atoms. The van der Waals surface area contributed by atoms with Crippen LogP contribution in [0, 0.1) is 0 Å². The fraction of sp³-hybridized carbons (Fsp3) is 0.769. The van der Waals surface area contributed by atoms with Crippen molar-refractivity contribution in [1.82, 2.24) is 0 Å². The normalized spacial score (nSPS) is 17.1. The summed E-state index contributed by atoms with van der Waals surface area (Å²) < 4.78 is 4.14. The van der Waals surface area contributed by atoms with Crippen LogP contribution in [0.5, 0.6) is 0 Å². The molecule has 0 aromatic heterocycles. The highest BCUT2D eigenvalue weighted by Crippen LogP contribution is 2.15. The Bertz CT molecular complexity index is 135. The SMILES string of the molecule is C1CCCCCCCC1.C=CC(=O)OC. The quantitative estimate of drug-likeness (QED) is 0.487. The molecular formula is C13H24O2. The van der Waals surface area contributed by atoms with Crippen molar-refractivity contribution in [1.29, 1.82) is 0 Å². The largest absolute Gasteiger partial charge is 0.466 e. The average molecular weight is 212 g/mol. The summed E-state index contributed by atoms with van der Waals surface area (Å²) in [5.41, 5.74) is 0. The number of carbonyl (C=O) groups is 1. The fourth-order valence-corrected chi connectivity index (χ4v) is 1.67. The van der Waals surface area contributed by atoms with Crippen molar-refractivity contribution < 1.29 is 9.53 Å². The van der Waals surface area contributed by atoms with Gasteiger partial charge in [0.15, 0.2) is 0 Å². The van der Waals surface area contributed by atoms with Crippen LogP contribution in [-0.2, 0) is 9.53 Å². The van der Waals surface area contributed by atoms with Crippen LogP contribution in [0.2, 0.25) is 0 Å². The molecule has 2 heteroatoms. The first-order valence-corrected chi connectivity index (χ1v) is 6.01. The predicted molar refractivity (Wildman–Crippen MR) is 63.8 cm³/mol. The smallest absolute Gasteiger partial charge is 0.329 e. The van der Waals surface area contributed by atoms with Gasteiger partial charge in [0, 0.05) is 6.08 Å². The second-order valence-electron chi connectivity index (χ2n) is 3.91. The van der Waals surface area contributed by atoms with Gasteiger partial charge in [-0.2, -0.15) is 0 Å². The second-order valence-corrected chi connectivity index (χ2v) is 3.91. The Morgan fingerprint density at radius 1 is 0.933 bits per heavy atom. The van der Waals surface area contributed by atoms with E-state index in [1.807, 2.05) is 0 Å². The van der Waals surface area contributed by atoms with Crippen molar-refractivity contribution in [2.75, 3.05) is 7.11 Å². The van der Waals surface area contributed by atoms with E-state index in [0.717, 1.165) is 6.08 Å². The van der Waals surface area contributed by atoms with Crippen LogP contribution in [0.25, 0.3) is 0 Å². The van der Waals surface area contributed by atoms with Crippen LogP contribution in [0.1, 0.15) is 57.8 Å². The first-order chi connectivity index (χ1) is 7.31. The number of rotatable bonds is 1. The Morgan fingerprint density at radius 2 is 1.20 bits per heavy atom. The standard InChI is InChI=1S/C9H18.C4H6O2/c1-2-4-6-8-9-7-5-3-1;1-3-4(5)6-2/h1-9H2;3H,1H2,2H3. The van der Waals surface area contributed by atoms with Gasteiger partial charge in [0.25, 0.3) is 0 Å². The molecule has 0 aromatic carbocycles. The molecule has 0 spiro atoms. The molecule has 0 radical (unpaired) electrons. The highest BCUT2D eigenvalue weighted by molar-refractivity contribution is 5.80. The van der Waals surface area contributed by atoms with E-state index >= 15 is 0 Å². The number of ether oxygens (including phenoxy) is 1. The number of esters is 1. The van der Waals surface area contributed by atoms with Gasteiger partial charge in [-0.25, -0.2) is 4.79 Å². The van der Waals surface area contributed by atoms with Crippen LogP contribution in [0.15, 0.2) is 12.7 Å². The minimum absolute atomic E-state index is 0.394. The van der Waals surface area contributed by atoms with Crippen molar-refractivity contribution >= 4 is 5.97 Å². The Hall–Kier alpha value is -0.790. The zero-order valence-electron chi connectivity index (χ0n) is 9.96. The summed E-state index contributed by atoms with van der Waals surface area (Å²) in [6.07, 6.45) is 14.6. The molecule has 1 fully saturated rings. The molecule has 0 N–H and O–H groups in total. The molecule has 1 rings (SSSR count). The summed E-state index contributed by atoms with van der Waals surface area (Å²) in [4.78, 5) is 9.84. The highest BCUT2D eigenvalue weighted by atomic mass is 16.5. The molecule has 0 amide bonds. The van der Waals surface area contributed by atoms with Gasteiger partial charge >= 0.3 is 5.97 Å². The third kappa shape index (κ3) is 11.1. The lowest BCUT2D eigenvalue weighted by Crippen LogP contribution is -1.91. The van der Waals surface area contributed by atoms with Crippen molar-refractivity contribution in [3.8, 4) is 0 Å². The molecular weight excluding hydrogens is 188 g/mol. The molecule has 0 heterocycles. The lowest BCUT2D eigenvalue weighted by Gasteiger charge is -1.93. The molecule has 1 saturated carbocycles. The second kappa shape index (κ2) is 11.3. The Balaban J connectivity index is 0.000000288. The first kappa shape index (κ1) is 14.2. The van der Waals surface area contributed by atoms with E-state index in [-0.39, 0.29) is 0 Å². The number of carbonyl (C=O) groups excluding carboxylic acids is 1. The summed E-state index contributed by atoms with van der Waals surface area (Å²) in [6, 6.07) is 0. The maximum atomic E-state index is 9.84. The fourth-order valence-electron chi connectivity index (χ4n) is 1.67. The molecule has 0 bridgehead atoms. The monoisotopic (exact) mass is 212 g/mol. The van der Waals surface area contributed by atoms with Crippen molar-refractivity contribution in [2.45, 2.75) is 57.8 Å². The number of hydrogen-bond acceptors (Lipinski definition) is 2. The van der Waals surface area contributed by atoms with Gasteiger partial charge in [0.05, 0.1) is 7.11 Å². The molecule has 0 unspecified atom stereocenters. The predicted octanol–water partition coefficient (Wildman–Crippen LogP) is 3.86. The van der Waals surface area contributed by atoms with Gasteiger partial charge in [-0.3, -0.25) is 0 Å². The number of methoxy groups -OCH3 is 1. The van der Waals surface area contributed by atoms with Crippen LogP contribution in [0.4, 0.5) is 0 Å². The number of hydrogen-bond donors (Lipinski definition) is 0.